The summed E-state index contributed by atoms with van der Waals surface area (Å²) in [5.41, 5.74) is 1.48. The minimum atomic E-state index is -0.870. The van der Waals surface area contributed by atoms with Crippen LogP contribution in [0.3, 0.4) is 0 Å². The van der Waals surface area contributed by atoms with Gasteiger partial charge in [0.05, 0.1) is 5.56 Å². The minimum absolute atomic E-state index is 0.346. The Kier molecular flexibility index (Phi) is 7.11. The molecule has 0 saturated heterocycles. The Hall–Kier alpha value is -1.35. The van der Waals surface area contributed by atoms with Gasteiger partial charge in [-0.05, 0) is 30.7 Å². The molecule has 1 rings (SSSR count). The highest BCUT2D eigenvalue weighted by molar-refractivity contribution is 5.87. The van der Waals surface area contributed by atoms with Gasteiger partial charge in [-0.25, -0.2) is 4.79 Å². The Bertz CT molecular complexity index is 346. The number of benzene rings is 1. The lowest BCUT2D eigenvalue weighted by molar-refractivity contribution is 0.0697. The maximum absolute atomic E-state index is 10.7. The number of carbonyl (C=O) groups is 1. The first kappa shape index (κ1) is 14.7. The smallest absolute Gasteiger partial charge is 0.335 e. The number of unbranched alkanes of at least 4 members (excludes halogenated alkanes) is 4. The summed E-state index contributed by atoms with van der Waals surface area (Å²) in [5, 5.41) is 12.2. The topological polar surface area (TPSA) is 49.3 Å². The van der Waals surface area contributed by atoms with Crippen LogP contribution in [0.5, 0.6) is 0 Å². The van der Waals surface area contributed by atoms with Gasteiger partial charge >= 0.3 is 5.97 Å². The highest BCUT2D eigenvalue weighted by Gasteiger charge is 2.01. The molecule has 0 bridgehead atoms. The van der Waals surface area contributed by atoms with Crippen molar-refractivity contribution in [2.24, 2.45) is 0 Å². The normalized spacial score (nSPS) is 10.5. The first-order valence-corrected chi connectivity index (χ1v) is 6.77. The van der Waals surface area contributed by atoms with Gasteiger partial charge in [-0.2, -0.15) is 0 Å². The van der Waals surface area contributed by atoms with Crippen molar-refractivity contribution < 1.29 is 9.90 Å². The molecule has 0 spiro atoms. The van der Waals surface area contributed by atoms with E-state index in [-0.39, 0.29) is 0 Å². The van der Waals surface area contributed by atoms with Crippen molar-refractivity contribution in [3.05, 3.63) is 35.4 Å². The molecule has 0 aliphatic heterocycles. The van der Waals surface area contributed by atoms with Crippen LogP contribution in [-0.4, -0.2) is 17.6 Å². The van der Waals surface area contributed by atoms with Crippen LogP contribution in [0.25, 0.3) is 0 Å². The molecule has 1 aromatic carbocycles. The summed E-state index contributed by atoms with van der Waals surface area (Å²) in [6.45, 7) is 4.07. The summed E-state index contributed by atoms with van der Waals surface area (Å²) >= 11 is 0. The molecule has 0 saturated carbocycles. The maximum atomic E-state index is 10.7. The fraction of sp³-hybridized carbons (Fsp3) is 0.533. The number of nitrogens with one attached hydrogen (secondary N) is 1. The molecule has 18 heavy (non-hydrogen) atoms. The lowest BCUT2D eigenvalue weighted by Gasteiger charge is -2.05. The van der Waals surface area contributed by atoms with E-state index in [0.29, 0.717) is 5.56 Å². The van der Waals surface area contributed by atoms with Crippen molar-refractivity contribution in [3.8, 4) is 0 Å². The van der Waals surface area contributed by atoms with Crippen molar-refractivity contribution in [3.63, 3.8) is 0 Å². The van der Waals surface area contributed by atoms with E-state index in [4.69, 9.17) is 5.11 Å². The third kappa shape index (κ3) is 5.82. The second-order valence-corrected chi connectivity index (χ2v) is 4.59. The average molecular weight is 249 g/mol. The number of aromatic carboxylic acids is 1. The molecule has 3 nitrogen and oxygen atoms in total. The van der Waals surface area contributed by atoms with Crippen molar-refractivity contribution in [1.82, 2.24) is 5.32 Å². The average Bonchev–Trinajstić information content (AvgIpc) is 2.38. The summed E-state index contributed by atoms with van der Waals surface area (Å²) in [6, 6.07) is 7.04. The fourth-order valence-electron chi connectivity index (χ4n) is 1.85. The summed E-state index contributed by atoms with van der Waals surface area (Å²) < 4.78 is 0. The van der Waals surface area contributed by atoms with Gasteiger partial charge in [-0.15, -0.1) is 0 Å². The number of hydrogen-bond acceptors (Lipinski definition) is 2. The van der Waals surface area contributed by atoms with Crippen molar-refractivity contribution in [1.29, 1.82) is 0 Å². The quantitative estimate of drug-likeness (QED) is 0.659. The molecule has 0 fully saturated rings. The molecule has 0 aliphatic rings. The molecular formula is C15H23NO2. The van der Waals surface area contributed by atoms with E-state index in [2.05, 4.69) is 12.2 Å². The first-order chi connectivity index (χ1) is 8.74. The van der Waals surface area contributed by atoms with Crippen LogP contribution >= 0.6 is 0 Å². The van der Waals surface area contributed by atoms with Crippen LogP contribution in [0.4, 0.5) is 0 Å². The molecule has 1 aromatic rings. The molecule has 0 amide bonds. The molecule has 0 atom stereocenters. The van der Waals surface area contributed by atoms with Gasteiger partial charge in [0.1, 0.15) is 0 Å². The van der Waals surface area contributed by atoms with E-state index in [1.807, 2.05) is 12.1 Å². The monoisotopic (exact) mass is 249 g/mol. The van der Waals surface area contributed by atoms with Gasteiger partial charge in [0.25, 0.3) is 0 Å². The van der Waals surface area contributed by atoms with Gasteiger partial charge in [-0.1, -0.05) is 44.7 Å². The van der Waals surface area contributed by atoms with Crippen LogP contribution in [0.15, 0.2) is 24.3 Å². The molecule has 0 heterocycles. The molecule has 3 heteroatoms. The molecule has 0 aromatic heterocycles. The van der Waals surface area contributed by atoms with Crippen LogP contribution in [-0.2, 0) is 6.54 Å². The predicted octanol–water partition coefficient (Wildman–Crippen LogP) is 3.44. The third-order valence-electron chi connectivity index (χ3n) is 2.99. The number of carboxylic acid groups (broad SMARTS) is 1. The molecule has 0 radical (unpaired) electrons. The standard InChI is InChI=1S/C15H23NO2/c1-2-3-4-5-6-11-16-12-13-7-9-14(10-8-13)15(17)18/h7-10,16H,2-6,11-12H2,1H3,(H,17,18). The maximum Gasteiger partial charge on any atom is 0.335 e. The van der Waals surface area contributed by atoms with E-state index in [9.17, 15) is 4.79 Å². The second-order valence-electron chi connectivity index (χ2n) is 4.59. The Labute approximate surface area is 109 Å². The summed E-state index contributed by atoms with van der Waals surface area (Å²) in [7, 11) is 0. The van der Waals surface area contributed by atoms with Gasteiger partial charge in [0.2, 0.25) is 0 Å². The summed E-state index contributed by atoms with van der Waals surface area (Å²) in [4.78, 5) is 10.7. The van der Waals surface area contributed by atoms with Gasteiger partial charge < -0.3 is 10.4 Å². The first-order valence-electron chi connectivity index (χ1n) is 6.77. The molecule has 2 N–H and O–H groups in total. The fourth-order valence-corrected chi connectivity index (χ4v) is 1.85. The summed E-state index contributed by atoms with van der Waals surface area (Å²) in [6.07, 6.45) is 6.44. The van der Waals surface area contributed by atoms with Gasteiger partial charge in [-0.3, -0.25) is 0 Å². The number of rotatable bonds is 9. The van der Waals surface area contributed by atoms with Crippen LogP contribution in [0.1, 0.15) is 54.9 Å². The SMILES string of the molecule is CCCCCCCNCc1ccc(C(=O)O)cc1. The van der Waals surface area contributed by atoms with E-state index in [0.717, 1.165) is 18.7 Å². The van der Waals surface area contributed by atoms with Gasteiger partial charge in [0, 0.05) is 6.54 Å². The van der Waals surface area contributed by atoms with Crippen LogP contribution in [0.2, 0.25) is 0 Å². The van der Waals surface area contributed by atoms with Crippen molar-refractivity contribution in [2.75, 3.05) is 6.54 Å². The van der Waals surface area contributed by atoms with E-state index < -0.39 is 5.97 Å². The highest BCUT2D eigenvalue weighted by atomic mass is 16.4. The lowest BCUT2D eigenvalue weighted by Crippen LogP contribution is -2.14. The third-order valence-corrected chi connectivity index (χ3v) is 2.99. The highest BCUT2D eigenvalue weighted by Crippen LogP contribution is 2.05. The van der Waals surface area contributed by atoms with Crippen LogP contribution < -0.4 is 5.32 Å². The Morgan fingerprint density at radius 3 is 2.39 bits per heavy atom. The molecule has 100 valence electrons. The minimum Gasteiger partial charge on any atom is -0.478 e. The van der Waals surface area contributed by atoms with Gasteiger partial charge in [0.15, 0.2) is 0 Å². The molecule has 0 aliphatic carbocycles. The van der Waals surface area contributed by atoms with E-state index >= 15 is 0 Å². The molecule has 0 unspecified atom stereocenters. The second kappa shape index (κ2) is 8.70. The number of hydrogen-bond donors (Lipinski definition) is 2. The summed E-state index contributed by atoms with van der Waals surface area (Å²) in [5.74, 6) is -0.870. The zero-order valence-electron chi connectivity index (χ0n) is 11.1. The van der Waals surface area contributed by atoms with Crippen molar-refractivity contribution >= 4 is 5.97 Å². The van der Waals surface area contributed by atoms with Crippen molar-refractivity contribution in [2.45, 2.75) is 45.6 Å². The number of carboxylic acids is 1. The zero-order valence-corrected chi connectivity index (χ0v) is 11.1. The van der Waals surface area contributed by atoms with Crippen LogP contribution in [0, 0.1) is 0 Å². The Morgan fingerprint density at radius 2 is 1.78 bits per heavy atom. The zero-order chi connectivity index (χ0) is 13.2. The molecular weight excluding hydrogens is 226 g/mol. The lowest BCUT2D eigenvalue weighted by atomic mass is 10.1. The predicted molar refractivity (Wildman–Crippen MR) is 73.9 cm³/mol. The largest absolute Gasteiger partial charge is 0.478 e. The Balaban J connectivity index is 2.14. The van der Waals surface area contributed by atoms with E-state index in [1.165, 1.54) is 32.1 Å². The Morgan fingerprint density at radius 1 is 1.11 bits per heavy atom. The van der Waals surface area contributed by atoms with E-state index in [1.54, 1.807) is 12.1 Å².